The molecule has 2 aliphatic rings. The molecule has 32 heavy (non-hydrogen) atoms. The van der Waals surface area contributed by atoms with Crippen molar-refractivity contribution in [2.24, 2.45) is 5.92 Å². The summed E-state index contributed by atoms with van der Waals surface area (Å²) in [5.74, 6) is 1.62. The predicted molar refractivity (Wildman–Crippen MR) is 117 cm³/mol. The van der Waals surface area contributed by atoms with Crippen molar-refractivity contribution in [1.82, 2.24) is 9.62 Å². The Kier molecular flexibility index (Phi) is 6.41. The lowest BCUT2D eigenvalue weighted by molar-refractivity contribution is -0.384. The second kappa shape index (κ2) is 9.24. The Morgan fingerprint density at radius 1 is 1.19 bits per heavy atom. The topological polar surface area (TPSA) is 126 Å². The third-order valence-electron chi connectivity index (χ3n) is 6.06. The van der Waals surface area contributed by atoms with Gasteiger partial charge in [0.2, 0.25) is 10.0 Å². The van der Waals surface area contributed by atoms with Crippen LogP contribution in [0.2, 0.25) is 0 Å². The lowest BCUT2D eigenvalue weighted by atomic mass is 9.86. The SMILES string of the molecule is N#Cc1ccc2c(c1)[C@H]1CN(CCCCNS(=O)(=O)c3ccc([N+](=O)[O-])cc3)C[C@@H]1CO2. The van der Waals surface area contributed by atoms with Crippen molar-refractivity contribution in [3.8, 4) is 11.8 Å². The van der Waals surface area contributed by atoms with E-state index in [-0.39, 0.29) is 10.6 Å². The number of ether oxygens (including phenoxy) is 1. The van der Waals surface area contributed by atoms with Gasteiger partial charge in [0.05, 0.1) is 28.1 Å². The summed E-state index contributed by atoms with van der Waals surface area (Å²) in [6.45, 7) is 3.67. The maximum absolute atomic E-state index is 12.3. The number of nitrogens with zero attached hydrogens (tertiary/aromatic N) is 3. The number of fused-ring (bicyclic) bond motifs is 3. The summed E-state index contributed by atoms with van der Waals surface area (Å²) in [6.07, 6.45) is 1.53. The Morgan fingerprint density at radius 2 is 1.97 bits per heavy atom. The summed E-state index contributed by atoms with van der Waals surface area (Å²) in [7, 11) is -3.69. The number of likely N-dealkylation sites (tertiary alicyclic amines) is 1. The Labute approximate surface area is 186 Å². The van der Waals surface area contributed by atoms with Crippen LogP contribution >= 0.6 is 0 Å². The van der Waals surface area contributed by atoms with Crippen LogP contribution in [0, 0.1) is 27.4 Å². The van der Waals surface area contributed by atoms with Crippen LogP contribution < -0.4 is 9.46 Å². The number of non-ortho nitro benzene ring substituents is 1. The van der Waals surface area contributed by atoms with E-state index in [1.807, 2.05) is 12.1 Å². The van der Waals surface area contributed by atoms with E-state index in [9.17, 15) is 23.8 Å². The van der Waals surface area contributed by atoms with Crippen molar-refractivity contribution < 1.29 is 18.1 Å². The fourth-order valence-electron chi connectivity index (χ4n) is 4.40. The average molecular weight is 457 g/mol. The minimum Gasteiger partial charge on any atom is -0.493 e. The van der Waals surface area contributed by atoms with Crippen LogP contribution in [-0.2, 0) is 10.0 Å². The third kappa shape index (κ3) is 4.75. The van der Waals surface area contributed by atoms with E-state index in [2.05, 4.69) is 15.7 Å². The minimum absolute atomic E-state index is 0.0159. The largest absolute Gasteiger partial charge is 0.493 e. The number of benzene rings is 2. The van der Waals surface area contributed by atoms with Gasteiger partial charge in [0.1, 0.15) is 5.75 Å². The van der Waals surface area contributed by atoms with E-state index in [1.165, 1.54) is 24.3 Å². The molecule has 0 saturated carbocycles. The molecule has 0 bridgehead atoms. The number of nitro benzene ring substituents is 1. The van der Waals surface area contributed by atoms with E-state index < -0.39 is 14.9 Å². The van der Waals surface area contributed by atoms with Crippen molar-refractivity contribution in [1.29, 1.82) is 5.26 Å². The molecule has 0 amide bonds. The molecular formula is C22H24N4O5S. The Morgan fingerprint density at radius 3 is 2.69 bits per heavy atom. The van der Waals surface area contributed by atoms with Crippen LogP contribution in [0.3, 0.4) is 0 Å². The molecule has 2 aromatic carbocycles. The first kappa shape index (κ1) is 22.2. The maximum atomic E-state index is 12.3. The average Bonchev–Trinajstić information content (AvgIpc) is 3.22. The van der Waals surface area contributed by atoms with E-state index in [0.717, 1.165) is 37.4 Å². The lowest BCUT2D eigenvalue weighted by Gasteiger charge is -2.27. The van der Waals surface area contributed by atoms with Crippen LogP contribution in [0.4, 0.5) is 5.69 Å². The number of nitro groups is 1. The van der Waals surface area contributed by atoms with Gasteiger partial charge in [-0.05, 0) is 49.7 Å². The molecule has 0 unspecified atom stereocenters. The molecule has 4 rings (SSSR count). The molecule has 168 valence electrons. The zero-order valence-corrected chi connectivity index (χ0v) is 18.3. The molecule has 0 aromatic heterocycles. The van der Waals surface area contributed by atoms with Crippen LogP contribution in [-0.4, -0.2) is 51.0 Å². The number of nitriles is 1. The normalized spacial score (nSPS) is 20.1. The molecule has 0 aliphatic carbocycles. The van der Waals surface area contributed by atoms with E-state index in [1.54, 1.807) is 6.07 Å². The van der Waals surface area contributed by atoms with Gasteiger partial charge in [-0.3, -0.25) is 10.1 Å². The smallest absolute Gasteiger partial charge is 0.269 e. The van der Waals surface area contributed by atoms with Crippen LogP contribution in [0.15, 0.2) is 47.4 Å². The van der Waals surface area contributed by atoms with E-state index in [4.69, 9.17) is 4.74 Å². The molecule has 0 radical (unpaired) electrons. The van der Waals surface area contributed by atoms with Crippen molar-refractivity contribution in [2.45, 2.75) is 23.7 Å². The quantitative estimate of drug-likeness (QED) is 0.368. The van der Waals surface area contributed by atoms with Gasteiger partial charge in [-0.15, -0.1) is 0 Å². The molecule has 2 atom stereocenters. The van der Waals surface area contributed by atoms with Gasteiger partial charge in [0, 0.05) is 49.2 Å². The fourth-order valence-corrected chi connectivity index (χ4v) is 5.47. The zero-order chi connectivity index (χ0) is 22.7. The number of rotatable bonds is 8. The molecule has 10 heteroatoms. The highest BCUT2D eigenvalue weighted by Crippen LogP contribution is 2.41. The molecule has 1 fully saturated rings. The maximum Gasteiger partial charge on any atom is 0.269 e. The Bertz CT molecular complexity index is 1140. The van der Waals surface area contributed by atoms with Gasteiger partial charge in [0.25, 0.3) is 5.69 Å². The number of hydrogen-bond acceptors (Lipinski definition) is 7. The number of sulfonamides is 1. The summed E-state index contributed by atoms with van der Waals surface area (Å²) in [4.78, 5) is 12.5. The van der Waals surface area contributed by atoms with E-state index >= 15 is 0 Å². The molecule has 0 spiro atoms. The van der Waals surface area contributed by atoms with Crippen LogP contribution in [0.5, 0.6) is 5.75 Å². The first-order valence-electron chi connectivity index (χ1n) is 10.5. The standard InChI is InChI=1S/C22H24N4O5S/c23-12-16-3-8-22-20(11-16)21-14-25(13-17(21)15-31-22)10-2-1-9-24-32(29,30)19-6-4-18(5-7-19)26(27)28/h3-8,11,17,21,24H,1-2,9-10,13-15H2/t17-,21+/m1/s1. The van der Waals surface area contributed by atoms with Gasteiger partial charge in [-0.2, -0.15) is 5.26 Å². The van der Waals surface area contributed by atoms with Gasteiger partial charge in [-0.25, -0.2) is 13.1 Å². The van der Waals surface area contributed by atoms with Crippen molar-refractivity contribution >= 4 is 15.7 Å². The number of hydrogen-bond donors (Lipinski definition) is 1. The highest BCUT2D eigenvalue weighted by atomic mass is 32.2. The molecule has 1 N–H and O–H groups in total. The van der Waals surface area contributed by atoms with Gasteiger partial charge in [0.15, 0.2) is 0 Å². The Balaban J connectivity index is 1.24. The molecule has 2 aromatic rings. The monoisotopic (exact) mass is 456 g/mol. The second-order valence-electron chi connectivity index (χ2n) is 8.16. The first-order chi connectivity index (χ1) is 15.4. The summed E-state index contributed by atoms with van der Waals surface area (Å²) in [6, 6.07) is 12.6. The molecule has 2 heterocycles. The summed E-state index contributed by atoms with van der Waals surface area (Å²) >= 11 is 0. The highest BCUT2D eigenvalue weighted by molar-refractivity contribution is 7.89. The lowest BCUT2D eigenvalue weighted by Crippen LogP contribution is -2.27. The van der Waals surface area contributed by atoms with E-state index in [0.29, 0.717) is 37.0 Å². The number of unbranched alkanes of at least 4 members (excludes halogenated alkanes) is 1. The molecule has 2 aliphatic heterocycles. The minimum atomic E-state index is -3.69. The summed E-state index contributed by atoms with van der Waals surface area (Å²) in [5, 5.41) is 19.9. The zero-order valence-electron chi connectivity index (χ0n) is 17.4. The highest BCUT2D eigenvalue weighted by Gasteiger charge is 2.38. The molecular weight excluding hydrogens is 432 g/mol. The second-order valence-corrected chi connectivity index (χ2v) is 9.92. The Hall–Kier alpha value is -3.00. The molecule has 9 nitrogen and oxygen atoms in total. The predicted octanol–water partition coefficient (Wildman–Crippen LogP) is 2.63. The summed E-state index contributed by atoms with van der Waals surface area (Å²) < 4.78 is 33.1. The van der Waals surface area contributed by atoms with Gasteiger partial charge in [-0.1, -0.05) is 0 Å². The van der Waals surface area contributed by atoms with Crippen LogP contribution in [0.1, 0.15) is 29.9 Å². The summed E-state index contributed by atoms with van der Waals surface area (Å²) in [5.41, 5.74) is 1.61. The first-order valence-corrected chi connectivity index (χ1v) is 12.0. The van der Waals surface area contributed by atoms with Crippen molar-refractivity contribution in [2.75, 3.05) is 32.8 Å². The van der Waals surface area contributed by atoms with Crippen molar-refractivity contribution in [3.05, 3.63) is 63.7 Å². The van der Waals surface area contributed by atoms with Crippen LogP contribution in [0.25, 0.3) is 0 Å². The third-order valence-corrected chi connectivity index (χ3v) is 7.54. The van der Waals surface area contributed by atoms with Crippen molar-refractivity contribution in [3.63, 3.8) is 0 Å². The van der Waals surface area contributed by atoms with Gasteiger partial charge < -0.3 is 9.64 Å². The molecule has 1 saturated heterocycles. The fraction of sp³-hybridized carbons (Fsp3) is 0.409. The number of nitrogens with one attached hydrogen (secondary N) is 1. The van der Waals surface area contributed by atoms with Gasteiger partial charge >= 0.3 is 0 Å².